The van der Waals surface area contributed by atoms with Gasteiger partial charge in [0, 0.05) is 26.7 Å². The summed E-state index contributed by atoms with van der Waals surface area (Å²) in [5.74, 6) is -0.505. The normalized spacial score (nSPS) is 11.2. The van der Waals surface area contributed by atoms with E-state index in [0.29, 0.717) is 11.4 Å². The molecule has 0 spiro atoms. The molecule has 3 aromatic carbocycles. The van der Waals surface area contributed by atoms with Crippen LogP contribution in [0.15, 0.2) is 76.5 Å². The summed E-state index contributed by atoms with van der Waals surface area (Å²) in [5.41, 5.74) is 5.81. The molecule has 0 aliphatic rings. The van der Waals surface area contributed by atoms with Crippen LogP contribution in [0.3, 0.4) is 0 Å². The second kappa shape index (κ2) is 7.85. The summed E-state index contributed by atoms with van der Waals surface area (Å²) in [6.07, 6.45) is -4.52. The number of benzene rings is 3. The Morgan fingerprint density at radius 3 is 2.36 bits per heavy atom. The number of carbonyl (C=O) groups excluding carboxylic acids is 1. The van der Waals surface area contributed by atoms with Crippen molar-refractivity contribution in [2.45, 2.75) is 16.0 Å². The van der Waals surface area contributed by atoms with Gasteiger partial charge in [-0.2, -0.15) is 13.2 Å². The van der Waals surface area contributed by atoms with Crippen molar-refractivity contribution < 1.29 is 23.1 Å². The Bertz CT molecular complexity index is 1010. The Kier molecular flexibility index (Phi) is 5.51. The van der Waals surface area contributed by atoms with Crippen LogP contribution in [0.4, 0.5) is 24.5 Å². The van der Waals surface area contributed by atoms with Gasteiger partial charge in [-0.15, -0.1) is 0 Å². The maximum absolute atomic E-state index is 12.8. The van der Waals surface area contributed by atoms with E-state index in [9.17, 15) is 23.1 Å². The van der Waals surface area contributed by atoms with E-state index in [-0.39, 0.29) is 11.3 Å². The van der Waals surface area contributed by atoms with Crippen molar-refractivity contribution in [3.8, 4) is 5.75 Å². The lowest BCUT2D eigenvalue weighted by molar-refractivity contribution is -0.137. The average molecular weight is 404 g/mol. The lowest BCUT2D eigenvalue weighted by Gasteiger charge is -2.11. The molecule has 1 amide bonds. The molecule has 3 aromatic rings. The summed E-state index contributed by atoms with van der Waals surface area (Å²) in [6, 6.07) is 15.6. The zero-order valence-electron chi connectivity index (χ0n) is 14.3. The Morgan fingerprint density at radius 1 is 1.00 bits per heavy atom. The van der Waals surface area contributed by atoms with Crippen LogP contribution in [0.25, 0.3) is 0 Å². The fraction of sp³-hybridized carbons (Fsp3) is 0.0500. The first-order chi connectivity index (χ1) is 13.2. The number of amides is 1. The highest BCUT2D eigenvalue weighted by atomic mass is 32.2. The first-order valence-corrected chi connectivity index (χ1v) is 8.89. The van der Waals surface area contributed by atoms with Crippen LogP contribution in [0, 0.1) is 0 Å². The molecule has 0 atom stereocenters. The standard InChI is InChI=1S/C20H15F3N2O2S/c21-20(22,23)13-3-1-2-12(10-13)19(27)25-14-4-9-18(17(24)11-14)28-16-7-5-15(26)6-8-16/h1-11,26H,24H2,(H,25,27). The number of aromatic hydroxyl groups is 1. The maximum atomic E-state index is 12.8. The van der Waals surface area contributed by atoms with Crippen LogP contribution in [0.5, 0.6) is 5.75 Å². The molecule has 0 saturated carbocycles. The molecule has 0 aromatic heterocycles. The minimum absolute atomic E-state index is 0.101. The third-order valence-electron chi connectivity index (χ3n) is 3.78. The van der Waals surface area contributed by atoms with Crippen molar-refractivity contribution in [3.63, 3.8) is 0 Å². The number of hydrogen-bond donors (Lipinski definition) is 3. The molecule has 0 bridgehead atoms. The molecule has 8 heteroatoms. The summed E-state index contributed by atoms with van der Waals surface area (Å²) < 4.78 is 38.4. The zero-order valence-corrected chi connectivity index (χ0v) is 15.1. The maximum Gasteiger partial charge on any atom is 0.416 e. The summed E-state index contributed by atoms with van der Waals surface area (Å²) >= 11 is 1.38. The molecular weight excluding hydrogens is 389 g/mol. The van der Waals surface area contributed by atoms with Gasteiger partial charge in [0.1, 0.15) is 5.75 Å². The molecule has 0 saturated heterocycles. The third kappa shape index (κ3) is 4.77. The van der Waals surface area contributed by atoms with Crippen LogP contribution >= 0.6 is 11.8 Å². The van der Waals surface area contributed by atoms with E-state index >= 15 is 0 Å². The Balaban J connectivity index is 1.74. The zero-order chi connectivity index (χ0) is 20.3. The number of nitrogens with one attached hydrogen (secondary N) is 1. The molecule has 3 rings (SSSR count). The van der Waals surface area contributed by atoms with E-state index in [1.165, 1.54) is 30.0 Å². The van der Waals surface area contributed by atoms with Crippen LogP contribution < -0.4 is 11.1 Å². The molecule has 0 heterocycles. The van der Waals surface area contributed by atoms with Gasteiger partial charge in [0.2, 0.25) is 0 Å². The summed E-state index contributed by atoms with van der Waals surface area (Å²) in [5, 5.41) is 11.9. The number of phenolic OH excluding ortho intramolecular Hbond substituents is 1. The predicted molar refractivity (Wildman–Crippen MR) is 102 cm³/mol. The Morgan fingerprint density at radius 2 is 1.71 bits per heavy atom. The lowest BCUT2D eigenvalue weighted by Crippen LogP contribution is -2.14. The monoisotopic (exact) mass is 404 g/mol. The number of alkyl halides is 3. The minimum Gasteiger partial charge on any atom is -0.508 e. The van der Waals surface area contributed by atoms with Gasteiger partial charge in [-0.3, -0.25) is 4.79 Å². The van der Waals surface area contributed by atoms with E-state index < -0.39 is 17.6 Å². The van der Waals surface area contributed by atoms with Gasteiger partial charge in [-0.25, -0.2) is 0 Å². The molecule has 0 unspecified atom stereocenters. The van der Waals surface area contributed by atoms with Gasteiger partial charge in [-0.1, -0.05) is 17.8 Å². The van der Waals surface area contributed by atoms with E-state index in [2.05, 4.69) is 5.32 Å². The van der Waals surface area contributed by atoms with Crippen LogP contribution in [-0.4, -0.2) is 11.0 Å². The highest BCUT2D eigenvalue weighted by molar-refractivity contribution is 7.99. The van der Waals surface area contributed by atoms with Gasteiger partial charge >= 0.3 is 6.18 Å². The highest BCUT2D eigenvalue weighted by Gasteiger charge is 2.30. The van der Waals surface area contributed by atoms with E-state index in [0.717, 1.165) is 21.9 Å². The fourth-order valence-electron chi connectivity index (χ4n) is 2.40. The summed E-state index contributed by atoms with van der Waals surface area (Å²) in [6.45, 7) is 0. The molecular formula is C20H15F3N2O2S. The van der Waals surface area contributed by atoms with Crippen molar-refractivity contribution in [1.82, 2.24) is 0 Å². The molecule has 0 aliphatic carbocycles. The van der Waals surface area contributed by atoms with Gasteiger partial charge in [0.05, 0.1) is 5.56 Å². The molecule has 4 N–H and O–H groups in total. The second-order valence-electron chi connectivity index (χ2n) is 5.88. The quantitative estimate of drug-likeness (QED) is 0.509. The van der Waals surface area contributed by atoms with Gasteiger partial charge < -0.3 is 16.2 Å². The first kappa shape index (κ1) is 19.6. The van der Waals surface area contributed by atoms with Crippen LogP contribution in [0.2, 0.25) is 0 Å². The fourth-order valence-corrected chi connectivity index (χ4v) is 3.24. The number of nitrogens with two attached hydrogens (primary N) is 1. The van der Waals surface area contributed by atoms with E-state index in [1.807, 2.05) is 0 Å². The average Bonchev–Trinajstić information content (AvgIpc) is 2.65. The molecule has 0 radical (unpaired) electrons. The van der Waals surface area contributed by atoms with Crippen LogP contribution in [0.1, 0.15) is 15.9 Å². The van der Waals surface area contributed by atoms with Crippen molar-refractivity contribution in [2.75, 3.05) is 11.1 Å². The van der Waals surface area contributed by atoms with Gasteiger partial charge in [-0.05, 0) is 60.7 Å². The van der Waals surface area contributed by atoms with Crippen molar-refractivity contribution in [1.29, 1.82) is 0 Å². The minimum atomic E-state index is -4.52. The highest BCUT2D eigenvalue weighted by Crippen LogP contribution is 2.34. The SMILES string of the molecule is Nc1cc(NC(=O)c2cccc(C(F)(F)F)c2)ccc1Sc1ccc(O)cc1. The first-order valence-electron chi connectivity index (χ1n) is 8.07. The number of phenols is 1. The van der Waals surface area contributed by atoms with Gasteiger partial charge in [0.15, 0.2) is 0 Å². The second-order valence-corrected chi connectivity index (χ2v) is 7.00. The molecule has 4 nitrogen and oxygen atoms in total. The number of rotatable bonds is 4. The lowest BCUT2D eigenvalue weighted by atomic mass is 10.1. The van der Waals surface area contributed by atoms with Crippen molar-refractivity contribution >= 4 is 29.0 Å². The smallest absolute Gasteiger partial charge is 0.416 e. The molecule has 144 valence electrons. The molecule has 0 aliphatic heterocycles. The Hall–Kier alpha value is -3.13. The van der Waals surface area contributed by atoms with Crippen molar-refractivity contribution in [2.24, 2.45) is 0 Å². The van der Waals surface area contributed by atoms with E-state index in [1.54, 1.807) is 36.4 Å². The van der Waals surface area contributed by atoms with Crippen molar-refractivity contribution in [3.05, 3.63) is 77.9 Å². The summed E-state index contributed by atoms with van der Waals surface area (Å²) in [4.78, 5) is 13.9. The van der Waals surface area contributed by atoms with Gasteiger partial charge in [0.25, 0.3) is 5.91 Å². The number of carbonyl (C=O) groups is 1. The number of nitrogen functional groups attached to an aromatic ring is 1. The molecule has 0 fully saturated rings. The van der Waals surface area contributed by atoms with E-state index in [4.69, 9.17) is 5.73 Å². The Labute approximate surface area is 163 Å². The summed E-state index contributed by atoms with van der Waals surface area (Å²) in [7, 11) is 0. The predicted octanol–water partition coefficient (Wildman–Crippen LogP) is 5.40. The van der Waals surface area contributed by atoms with Crippen LogP contribution in [-0.2, 0) is 6.18 Å². The largest absolute Gasteiger partial charge is 0.508 e. The molecule has 28 heavy (non-hydrogen) atoms. The third-order valence-corrected chi connectivity index (χ3v) is 4.88. The number of hydrogen-bond acceptors (Lipinski definition) is 4. The number of halogens is 3. The topological polar surface area (TPSA) is 75.3 Å². The number of anilines is 2.